The maximum Gasteiger partial charge on any atom is 0.256 e. The van der Waals surface area contributed by atoms with Gasteiger partial charge in [0.15, 0.2) is 0 Å². The van der Waals surface area contributed by atoms with Crippen LogP contribution in [0.3, 0.4) is 0 Å². The molecule has 0 saturated carbocycles. The number of carbonyl (C=O) groups excluding carboxylic acids is 1. The van der Waals surface area contributed by atoms with Crippen LogP contribution in [0.5, 0.6) is 0 Å². The van der Waals surface area contributed by atoms with E-state index >= 15 is 0 Å². The Morgan fingerprint density at radius 1 is 1.42 bits per heavy atom. The van der Waals surface area contributed by atoms with Crippen molar-refractivity contribution >= 4 is 28.3 Å². The molecule has 0 bridgehead atoms. The highest BCUT2D eigenvalue weighted by molar-refractivity contribution is 7.16. The van der Waals surface area contributed by atoms with Crippen molar-refractivity contribution in [2.24, 2.45) is 0 Å². The number of amides is 1. The third-order valence-corrected chi connectivity index (χ3v) is 5.76. The van der Waals surface area contributed by atoms with Crippen molar-refractivity contribution in [2.45, 2.75) is 39.0 Å². The average Bonchev–Trinajstić information content (AvgIpc) is 3.19. The van der Waals surface area contributed by atoms with Gasteiger partial charge in [0.05, 0.1) is 11.8 Å². The molecular formula is C18H21N3O2S. The van der Waals surface area contributed by atoms with E-state index in [2.05, 4.69) is 29.4 Å². The van der Waals surface area contributed by atoms with Crippen molar-refractivity contribution < 1.29 is 9.21 Å². The first kappa shape index (κ1) is 15.5. The molecule has 5 nitrogen and oxygen atoms in total. The second-order valence-corrected chi connectivity index (χ2v) is 7.60. The van der Waals surface area contributed by atoms with Gasteiger partial charge >= 0.3 is 0 Å². The molecule has 0 aliphatic carbocycles. The lowest BCUT2D eigenvalue weighted by atomic mass is 10.0. The summed E-state index contributed by atoms with van der Waals surface area (Å²) in [5, 5.41) is 7.44. The number of carbonyl (C=O) groups is 1. The Morgan fingerprint density at radius 2 is 2.29 bits per heavy atom. The van der Waals surface area contributed by atoms with E-state index in [4.69, 9.17) is 4.42 Å². The van der Waals surface area contributed by atoms with Crippen LogP contribution in [0.1, 0.15) is 40.4 Å². The molecule has 24 heavy (non-hydrogen) atoms. The largest absolute Gasteiger partial charge is 0.465 e. The van der Waals surface area contributed by atoms with Gasteiger partial charge in [-0.05, 0) is 50.1 Å². The summed E-state index contributed by atoms with van der Waals surface area (Å²) in [4.78, 5) is 16.4. The Kier molecular flexibility index (Phi) is 3.94. The summed E-state index contributed by atoms with van der Waals surface area (Å²) >= 11 is 1.72. The van der Waals surface area contributed by atoms with Gasteiger partial charge < -0.3 is 15.1 Å². The van der Waals surface area contributed by atoms with Gasteiger partial charge in [0.2, 0.25) is 0 Å². The quantitative estimate of drug-likeness (QED) is 0.898. The number of thiophene rings is 1. The maximum absolute atomic E-state index is 12.6. The third-order valence-electron chi connectivity index (χ3n) is 4.61. The molecule has 6 heteroatoms. The van der Waals surface area contributed by atoms with Gasteiger partial charge in [-0.2, -0.15) is 0 Å². The molecule has 0 spiro atoms. The summed E-state index contributed by atoms with van der Waals surface area (Å²) < 4.78 is 5.29. The van der Waals surface area contributed by atoms with Crippen LogP contribution in [0.25, 0.3) is 6.08 Å². The lowest BCUT2D eigenvalue weighted by molar-refractivity contribution is 0.0942. The molecule has 2 N–H and O–H groups in total. The van der Waals surface area contributed by atoms with Crippen LogP contribution < -0.4 is 10.6 Å². The van der Waals surface area contributed by atoms with Crippen LogP contribution in [0.15, 0.2) is 28.9 Å². The Hall–Kier alpha value is -2.05. The second-order valence-electron chi connectivity index (χ2n) is 6.49. The first-order valence-electron chi connectivity index (χ1n) is 8.29. The van der Waals surface area contributed by atoms with E-state index < -0.39 is 0 Å². The highest BCUT2D eigenvalue weighted by Crippen LogP contribution is 2.39. The van der Waals surface area contributed by atoms with Gasteiger partial charge in [-0.3, -0.25) is 9.69 Å². The number of hydrogen-bond donors (Lipinski definition) is 2. The van der Waals surface area contributed by atoms with Gasteiger partial charge in [0.1, 0.15) is 16.9 Å². The normalized spacial score (nSPS) is 20.8. The van der Waals surface area contributed by atoms with E-state index in [-0.39, 0.29) is 12.1 Å². The zero-order valence-electron chi connectivity index (χ0n) is 13.8. The van der Waals surface area contributed by atoms with Crippen molar-refractivity contribution in [3.05, 3.63) is 46.2 Å². The number of rotatable bonds is 3. The molecule has 2 aliphatic heterocycles. The highest BCUT2D eigenvalue weighted by Gasteiger charge is 2.32. The fourth-order valence-corrected chi connectivity index (χ4v) is 4.58. The highest BCUT2D eigenvalue weighted by atomic mass is 32.1. The molecule has 4 rings (SSSR count). The van der Waals surface area contributed by atoms with Crippen LogP contribution in [-0.4, -0.2) is 29.6 Å². The minimum Gasteiger partial charge on any atom is -0.465 e. The number of anilines is 1. The summed E-state index contributed by atoms with van der Waals surface area (Å²) in [5.41, 5.74) is 2.08. The minimum atomic E-state index is -0.212. The topological polar surface area (TPSA) is 57.5 Å². The number of hydrogen-bond acceptors (Lipinski definition) is 5. The number of fused-ring (bicyclic) bond motifs is 3. The maximum atomic E-state index is 12.6. The van der Waals surface area contributed by atoms with Gasteiger partial charge in [-0.25, -0.2) is 0 Å². The molecule has 126 valence electrons. The number of furan rings is 1. The van der Waals surface area contributed by atoms with Crippen LogP contribution in [0.2, 0.25) is 0 Å². The average molecular weight is 343 g/mol. The van der Waals surface area contributed by atoms with Gasteiger partial charge in [0.25, 0.3) is 5.91 Å². The van der Waals surface area contributed by atoms with E-state index in [9.17, 15) is 4.79 Å². The van der Waals surface area contributed by atoms with Crippen LogP contribution >= 0.6 is 11.3 Å². The van der Waals surface area contributed by atoms with E-state index in [0.29, 0.717) is 6.04 Å². The van der Waals surface area contributed by atoms with Crippen LogP contribution in [0, 0.1) is 0 Å². The number of nitrogens with zero attached hydrogens (tertiary/aromatic N) is 1. The monoisotopic (exact) mass is 343 g/mol. The Balaban J connectivity index is 1.57. The zero-order valence-corrected chi connectivity index (χ0v) is 14.7. The van der Waals surface area contributed by atoms with E-state index in [1.807, 2.05) is 24.3 Å². The summed E-state index contributed by atoms with van der Waals surface area (Å²) in [7, 11) is 0. The Labute approximate surface area is 145 Å². The van der Waals surface area contributed by atoms with Crippen molar-refractivity contribution in [3.63, 3.8) is 0 Å². The fourth-order valence-electron chi connectivity index (χ4n) is 3.27. The molecule has 1 unspecified atom stereocenters. The fraction of sp³-hybridized carbons (Fsp3) is 0.389. The smallest absolute Gasteiger partial charge is 0.256 e. The predicted octanol–water partition coefficient (Wildman–Crippen LogP) is 3.30. The summed E-state index contributed by atoms with van der Waals surface area (Å²) in [6.07, 6.45) is 6.16. The summed E-state index contributed by atoms with van der Waals surface area (Å²) in [6.45, 7) is 6.40. The van der Waals surface area contributed by atoms with E-state index in [1.165, 1.54) is 10.4 Å². The standard InChI is InChI=1S/C18H21N3O2S/c1-11(2)21-8-7-13-14(10-21)24-18-16(13)17(22)19-15(20-18)6-5-12-4-3-9-23-12/h3-6,9,11,15,20H,7-8,10H2,1-2H3,(H,19,22)/b6-5+. The van der Waals surface area contributed by atoms with Crippen LogP contribution in [-0.2, 0) is 13.0 Å². The van der Waals surface area contributed by atoms with Crippen molar-refractivity contribution in [1.29, 1.82) is 0 Å². The molecule has 2 aromatic heterocycles. The summed E-state index contributed by atoms with van der Waals surface area (Å²) in [5.74, 6) is 0.795. The summed E-state index contributed by atoms with van der Waals surface area (Å²) in [6, 6.07) is 4.26. The molecule has 0 aromatic carbocycles. The first-order chi connectivity index (χ1) is 11.6. The minimum absolute atomic E-state index is 0.0216. The predicted molar refractivity (Wildman–Crippen MR) is 96.2 cm³/mol. The SMILES string of the molecule is CC(C)N1CCc2c(sc3c2C(=O)NC(/C=C/c2ccco2)N3)C1. The molecular weight excluding hydrogens is 322 g/mol. The zero-order chi connectivity index (χ0) is 16.7. The van der Waals surface area contributed by atoms with Crippen molar-refractivity contribution in [1.82, 2.24) is 10.2 Å². The molecule has 2 aromatic rings. The Morgan fingerprint density at radius 3 is 3.04 bits per heavy atom. The first-order valence-corrected chi connectivity index (χ1v) is 9.11. The molecule has 4 heterocycles. The molecule has 0 saturated heterocycles. The molecule has 0 fully saturated rings. The third kappa shape index (κ3) is 2.76. The van der Waals surface area contributed by atoms with Crippen molar-refractivity contribution in [3.8, 4) is 0 Å². The second kappa shape index (κ2) is 6.11. The molecule has 1 atom stereocenters. The van der Waals surface area contributed by atoms with Gasteiger partial charge in [-0.15, -0.1) is 11.3 Å². The van der Waals surface area contributed by atoms with E-state index in [1.54, 1.807) is 17.6 Å². The molecule has 0 radical (unpaired) electrons. The lowest BCUT2D eigenvalue weighted by Crippen LogP contribution is -2.43. The van der Waals surface area contributed by atoms with Crippen molar-refractivity contribution in [2.75, 3.05) is 11.9 Å². The van der Waals surface area contributed by atoms with E-state index in [0.717, 1.165) is 35.8 Å². The Bertz CT molecular complexity index is 777. The van der Waals surface area contributed by atoms with Gasteiger partial charge in [0, 0.05) is 24.0 Å². The van der Waals surface area contributed by atoms with Gasteiger partial charge in [-0.1, -0.05) is 0 Å². The lowest BCUT2D eigenvalue weighted by Gasteiger charge is -2.30. The molecule has 2 aliphatic rings. The molecule has 1 amide bonds. The van der Waals surface area contributed by atoms with Crippen LogP contribution in [0.4, 0.5) is 5.00 Å². The number of nitrogens with one attached hydrogen (secondary N) is 2.